The number of carbonyl (C=O) groups excluding carboxylic acids is 1. The molecule has 1 atom stereocenters. The number of likely N-dealkylation sites (N-methyl/N-ethyl adjacent to an activating group) is 1. The van der Waals surface area contributed by atoms with Gasteiger partial charge in [0, 0.05) is 31.1 Å². The van der Waals surface area contributed by atoms with E-state index in [-0.39, 0.29) is 12.6 Å². The number of alkyl carbamates (subject to hydrolysis) is 1. The zero-order chi connectivity index (χ0) is 29.5. The van der Waals surface area contributed by atoms with Crippen molar-refractivity contribution in [1.82, 2.24) is 20.2 Å². The summed E-state index contributed by atoms with van der Waals surface area (Å²) in [5.41, 5.74) is 9.08. The van der Waals surface area contributed by atoms with E-state index < -0.39 is 6.09 Å². The van der Waals surface area contributed by atoms with E-state index >= 15 is 0 Å². The highest BCUT2D eigenvalue weighted by molar-refractivity contribution is 5.91. The molecule has 0 radical (unpaired) electrons. The number of carbonyl (C=O) groups is 1. The molecule has 1 saturated heterocycles. The molecule has 2 heterocycles. The molecule has 11 heteroatoms. The molecule has 3 aromatic carbocycles. The molecule has 0 bridgehead atoms. The van der Waals surface area contributed by atoms with Crippen LogP contribution in [0.5, 0.6) is 17.2 Å². The summed E-state index contributed by atoms with van der Waals surface area (Å²) in [5, 5.41) is 3.43. The van der Waals surface area contributed by atoms with Crippen LogP contribution in [0.15, 0.2) is 66.7 Å². The van der Waals surface area contributed by atoms with Crippen molar-refractivity contribution in [1.29, 1.82) is 0 Å². The lowest BCUT2D eigenvalue weighted by molar-refractivity contribution is 0.137. The molecule has 0 spiro atoms. The Morgan fingerprint density at radius 2 is 1.79 bits per heavy atom. The summed E-state index contributed by atoms with van der Waals surface area (Å²) < 4.78 is 22.1. The highest BCUT2D eigenvalue weighted by atomic mass is 16.5. The smallest absolute Gasteiger partial charge is 0.407 e. The Morgan fingerprint density at radius 1 is 1.00 bits per heavy atom. The molecular formula is C31H36N6O5. The van der Waals surface area contributed by atoms with Crippen LogP contribution in [-0.2, 0) is 11.3 Å². The molecule has 0 saturated carbocycles. The van der Waals surface area contributed by atoms with E-state index in [0.29, 0.717) is 53.1 Å². The third-order valence-corrected chi connectivity index (χ3v) is 7.15. The van der Waals surface area contributed by atoms with Crippen molar-refractivity contribution < 1.29 is 23.7 Å². The quantitative estimate of drug-likeness (QED) is 0.269. The lowest BCUT2D eigenvalue weighted by Crippen LogP contribution is -2.47. The second kappa shape index (κ2) is 13.3. The standard InChI is InChI=1S/C31H36N6O5/c1-36-13-14-37(30-34-25-18-28(40-3)27(39-2)17-24(25)29(32)35-30)26(19-36)22-10-7-11-23(16-22)41-15-12-33-31(38)42-20-21-8-5-4-6-9-21/h4-11,16-18,26H,12-15,19-20H2,1-3H3,(H,33,38)(H2,32,34,35). The zero-order valence-corrected chi connectivity index (χ0v) is 24.1. The van der Waals surface area contributed by atoms with Gasteiger partial charge in [-0.2, -0.15) is 4.98 Å². The van der Waals surface area contributed by atoms with Gasteiger partial charge in [-0.05, 0) is 36.4 Å². The largest absolute Gasteiger partial charge is 0.493 e. The lowest BCUT2D eigenvalue weighted by atomic mass is 10.0. The van der Waals surface area contributed by atoms with Gasteiger partial charge in [-0.25, -0.2) is 9.78 Å². The molecule has 1 unspecified atom stereocenters. The Labute approximate surface area is 245 Å². The fourth-order valence-electron chi connectivity index (χ4n) is 4.95. The minimum absolute atomic E-state index is 0.0321. The summed E-state index contributed by atoms with van der Waals surface area (Å²) in [5.74, 6) is 2.78. The number of nitrogens with zero attached hydrogens (tertiary/aromatic N) is 4. The van der Waals surface area contributed by atoms with E-state index in [9.17, 15) is 4.79 Å². The van der Waals surface area contributed by atoms with Crippen molar-refractivity contribution in [3.63, 3.8) is 0 Å². The maximum absolute atomic E-state index is 12.0. The van der Waals surface area contributed by atoms with Crippen LogP contribution in [0.25, 0.3) is 10.9 Å². The minimum Gasteiger partial charge on any atom is -0.493 e. The number of nitrogens with two attached hydrogens (primary N) is 1. The predicted molar refractivity (Wildman–Crippen MR) is 161 cm³/mol. The van der Waals surface area contributed by atoms with Crippen molar-refractivity contribution >= 4 is 28.8 Å². The van der Waals surface area contributed by atoms with E-state index in [4.69, 9.17) is 29.7 Å². The number of nitrogens with one attached hydrogen (secondary N) is 1. The van der Waals surface area contributed by atoms with Gasteiger partial charge in [0.15, 0.2) is 11.5 Å². The molecule has 11 nitrogen and oxygen atoms in total. The molecular weight excluding hydrogens is 536 g/mol. The number of rotatable bonds is 10. The van der Waals surface area contributed by atoms with Crippen LogP contribution < -0.4 is 30.2 Å². The number of methoxy groups -OCH3 is 2. The summed E-state index contributed by atoms with van der Waals surface area (Å²) in [6.07, 6.45) is -0.484. The van der Waals surface area contributed by atoms with E-state index in [1.165, 1.54) is 0 Å². The number of hydrogen-bond acceptors (Lipinski definition) is 10. The molecule has 4 aromatic rings. The van der Waals surface area contributed by atoms with Crippen molar-refractivity contribution in [2.45, 2.75) is 12.6 Å². The molecule has 1 aromatic heterocycles. The molecule has 1 fully saturated rings. The number of benzene rings is 3. The normalized spacial score (nSPS) is 15.3. The highest BCUT2D eigenvalue weighted by Gasteiger charge is 2.29. The molecule has 1 aliphatic rings. The van der Waals surface area contributed by atoms with E-state index in [0.717, 1.165) is 30.8 Å². The van der Waals surface area contributed by atoms with Crippen LogP contribution in [0.2, 0.25) is 0 Å². The van der Waals surface area contributed by atoms with Crippen LogP contribution in [0.3, 0.4) is 0 Å². The molecule has 220 valence electrons. The van der Waals surface area contributed by atoms with Gasteiger partial charge in [-0.15, -0.1) is 0 Å². The molecule has 3 N–H and O–H groups in total. The number of ether oxygens (including phenoxy) is 4. The Balaban J connectivity index is 1.26. The maximum Gasteiger partial charge on any atom is 0.407 e. The van der Waals surface area contributed by atoms with Crippen molar-refractivity contribution in [3.8, 4) is 17.2 Å². The summed E-state index contributed by atoms with van der Waals surface area (Å²) in [6, 6.07) is 21.1. The first-order chi connectivity index (χ1) is 20.4. The Kier molecular flexibility index (Phi) is 9.08. The third kappa shape index (κ3) is 6.74. The predicted octanol–water partition coefficient (Wildman–Crippen LogP) is 4.03. The SMILES string of the molecule is COc1cc2nc(N3CCN(C)CC3c3cccc(OCCNC(=O)OCc4ccccc4)c3)nc(N)c2cc1OC. The number of fused-ring (bicyclic) bond motifs is 1. The van der Waals surface area contributed by atoms with Gasteiger partial charge < -0.3 is 39.8 Å². The number of nitrogen functional groups attached to an aromatic ring is 1. The Bertz CT molecular complexity index is 1520. The second-order valence-corrected chi connectivity index (χ2v) is 10.0. The number of hydrogen-bond donors (Lipinski definition) is 2. The number of amides is 1. The van der Waals surface area contributed by atoms with E-state index in [1.807, 2.05) is 54.6 Å². The molecule has 5 rings (SSSR count). The van der Waals surface area contributed by atoms with Gasteiger partial charge in [-0.3, -0.25) is 0 Å². The van der Waals surface area contributed by atoms with Crippen LogP contribution in [0.1, 0.15) is 17.2 Å². The van der Waals surface area contributed by atoms with Crippen LogP contribution in [0.4, 0.5) is 16.6 Å². The fraction of sp³-hybridized carbons (Fsp3) is 0.323. The van der Waals surface area contributed by atoms with Crippen LogP contribution in [0, 0.1) is 0 Å². The van der Waals surface area contributed by atoms with Crippen LogP contribution in [-0.4, -0.2) is 75.0 Å². The minimum atomic E-state index is -0.484. The molecule has 0 aliphatic carbocycles. The number of anilines is 2. The zero-order valence-electron chi connectivity index (χ0n) is 24.1. The molecule has 1 amide bonds. The maximum atomic E-state index is 12.0. The summed E-state index contributed by atoms with van der Waals surface area (Å²) in [6.45, 7) is 3.18. The average molecular weight is 573 g/mol. The monoisotopic (exact) mass is 572 g/mol. The van der Waals surface area contributed by atoms with Crippen molar-refractivity contribution in [2.75, 3.05) is 64.7 Å². The number of piperazine rings is 1. The van der Waals surface area contributed by atoms with Crippen LogP contribution >= 0.6 is 0 Å². The first kappa shape index (κ1) is 28.7. The lowest BCUT2D eigenvalue weighted by Gasteiger charge is -2.40. The first-order valence-electron chi connectivity index (χ1n) is 13.8. The number of aromatic nitrogens is 2. The van der Waals surface area contributed by atoms with Gasteiger partial charge in [-0.1, -0.05) is 42.5 Å². The molecule has 1 aliphatic heterocycles. The average Bonchev–Trinajstić information content (AvgIpc) is 3.02. The fourth-order valence-corrected chi connectivity index (χ4v) is 4.95. The summed E-state index contributed by atoms with van der Waals surface area (Å²) in [7, 11) is 5.27. The Morgan fingerprint density at radius 3 is 2.57 bits per heavy atom. The van der Waals surface area contributed by atoms with Crippen molar-refractivity contribution in [3.05, 3.63) is 77.9 Å². The summed E-state index contributed by atoms with van der Waals surface area (Å²) >= 11 is 0. The van der Waals surface area contributed by atoms with Gasteiger partial charge in [0.2, 0.25) is 5.95 Å². The van der Waals surface area contributed by atoms with E-state index in [1.54, 1.807) is 20.3 Å². The topological polar surface area (TPSA) is 124 Å². The third-order valence-electron chi connectivity index (χ3n) is 7.15. The first-order valence-corrected chi connectivity index (χ1v) is 13.8. The highest BCUT2D eigenvalue weighted by Crippen LogP contribution is 2.36. The van der Waals surface area contributed by atoms with Gasteiger partial charge in [0.05, 0.1) is 32.3 Å². The molecule has 42 heavy (non-hydrogen) atoms. The van der Waals surface area contributed by atoms with E-state index in [2.05, 4.69) is 33.2 Å². The van der Waals surface area contributed by atoms with Gasteiger partial charge >= 0.3 is 6.09 Å². The second-order valence-electron chi connectivity index (χ2n) is 10.0. The Hall–Kier alpha value is -4.77. The van der Waals surface area contributed by atoms with Gasteiger partial charge in [0.1, 0.15) is 24.8 Å². The van der Waals surface area contributed by atoms with Gasteiger partial charge in [0.25, 0.3) is 0 Å². The van der Waals surface area contributed by atoms with Crippen molar-refractivity contribution in [2.24, 2.45) is 0 Å². The summed E-state index contributed by atoms with van der Waals surface area (Å²) in [4.78, 5) is 26.0.